The van der Waals surface area contributed by atoms with E-state index in [0.717, 1.165) is 79.3 Å². The quantitative estimate of drug-likeness (QED) is 0.507. The van der Waals surface area contributed by atoms with E-state index in [1.807, 2.05) is 24.3 Å². The van der Waals surface area contributed by atoms with E-state index in [0.29, 0.717) is 25.6 Å². The average Bonchev–Trinajstić information content (AvgIpc) is 3.39. The van der Waals surface area contributed by atoms with E-state index < -0.39 is 0 Å². The van der Waals surface area contributed by atoms with Crippen LogP contribution in [0.4, 0.5) is 11.6 Å². The maximum absolute atomic E-state index is 13.2. The first kappa shape index (κ1) is 24.0. The van der Waals surface area contributed by atoms with E-state index in [-0.39, 0.29) is 11.9 Å². The van der Waals surface area contributed by atoms with Crippen molar-refractivity contribution in [1.82, 2.24) is 30.6 Å². The van der Waals surface area contributed by atoms with E-state index in [1.54, 1.807) is 6.20 Å². The van der Waals surface area contributed by atoms with Gasteiger partial charge in [-0.1, -0.05) is 24.3 Å². The molecule has 0 radical (unpaired) electrons. The first-order valence-corrected chi connectivity index (χ1v) is 13.1. The summed E-state index contributed by atoms with van der Waals surface area (Å²) in [6.07, 6.45) is 3.69. The number of hydrogen-bond donors (Lipinski definition) is 3. The Balaban J connectivity index is 1.34. The van der Waals surface area contributed by atoms with Crippen molar-refractivity contribution in [3.05, 3.63) is 71.4 Å². The van der Waals surface area contributed by atoms with E-state index in [1.165, 1.54) is 0 Å². The second-order valence-electron chi connectivity index (χ2n) is 9.91. The molecule has 9 nitrogen and oxygen atoms in total. The molecule has 3 aromatic rings. The Morgan fingerprint density at radius 2 is 1.97 bits per heavy atom. The molecule has 37 heavy (non-hydrogen) atoms. The summed E-state index contributed by atoms with van der Waals surface area (Å²) in [6, 6.07) is 16.5. The first-order valence-electron chi connectivity index (χ1n) is 13.1. The molecule has 0 saturated carbocycles. The molecule has 0 aliphatic carbocycles. The maximum Gasteiger partial charge on any atom is 0.237 e. The first-order chi connectivity index (χ1) is 18.2. The number of hydrazine groups is 1. The van der Waals surface area contributed by atoms with E-state index in [2.05, 4.69) is 55.2 Å². The highest BCUT2D eigenvalue weighted by molar-refractivity contribution is 5.82. The number of morpholine rings is 1. The second kappa shape index (κ2) is 10.9. The Hall–Kier alpha value is -3.37. The predicted molar refractivity (Wildman–Crippen MR) is 142 cm³/mol. The highest BCUT2D eigenvalue weighted by Crippen LogP contribution is 2.26. The fraction of sp³-hybridized carbons (Fsp3) is 0.393. The number of benzene rings is 2. The number of carbonyl (C=O) groups is 1. The van der Waals surface area contributed by atoms with Crippen LogP contribution in [0.25, 0.3) is 11.3 Å². The van der Waals surface area contributed by atoms with Gasteiger partial charge in [0, 0.05) is 50.2 Å². The molecular weight excluding hydrogens is 466 g/mol. The van der Waals surface area contributed by atoms with Gasteiger partial charge in [-0.15, -0.1) is 0 Å². The number of anilines is 2. The number of nitrogens with one attached hydrogen (secondary N) is 3. The van der Waals surface area contributed by atoms with Crippen molar-refractivity contribution in [1.29, 1.82) is 0 Å². The summed E-state index contributed by atoms with van der Waals surface area (Å²) in [5.41, 5.74) is 9.69. The van der Waals surface area contributed by atoms with Gasteiger partial charge in [0.1, 0.15) is 0 Å². The summed E-state index contributed by atoms with van der Waals surface area (Å²) in [7, 11) is 0. The lowest BCUT2D eigenvalue weighted by atomic mass is 10.1. The topological polar surface area (TPSA) is 94.6 Å². The molecule has 3 aliphatic rings. The Bertz CT molecular complexity index is 1260. The van der Waals surface area contributed by atoms with Crippen molar-refractivity contribution < 1.29 is 9.53 Å². The molecule has 1 atom stereocenters. The lowest BCUT2D eigenvalue weighted by molar-refractivity contribution is -0.125. The Labute approximate surface area is 217 Å². The van der Waals surface area contributed by atoms with E-state index in [4.69, 9.17) is 9.72 Å². The van der Waals surface area contributed by atoms with Crippen LogP contribution in [-0.4, -0.2) is 64.7 Å². The van der Waals surface area contributed by atoms with Crippen LogP contribution in [0.1, 0.15) is 29.5 Å². The molecule has 0 unspecified atom stereocenters. The zero-order chi connectivity index (χ0) is 25.0. The van der Waals surface area contributed by atoms with Gasteiger partial charge in [-0.05, 0) is 60.3 Å². The van der Waals surface area contributed by atoms with Gasteiger partial charge in [-0.2, -0.15) is 0 Å². The minimum atomic E-state index is -0.112. The van der Waals surface area contributed by atoms with Crippen molar-refractivity contribution in [3.8, 4) is 11.3 Å². The van der Waals surface area contributed by atoms with Gasteiger partial charge in [0.05, 0.1) is 24.9 Å². The van der Waals surface area contributed by atoms with Gasteiger partial charge in [0.2, 0.25) is 11.9 Å². The molecule has 2 aromatic carbocycles. The zero-order valence-electron chi connectivity index (χ0n) is 20.9. The van der Waals surface area contributed by atoms with E-state index in [9.17, 15) is 4.79 Å². The van der Waals surface area contributed by atoms with Crippen LogP contribution in [0, 0.1) is 0 Å². The van der Waals surface area contributed by atoms with Crippen molar-refractivity contribution in [2.45, 2.75) is 38.5 Å². The fourth-order valence-corrected chi connectivity index (χ4v) is 5.36. The molecule has 4 heterocycles. The largest absolute Gasteiger partial charge is 0.379 e. The van der Waals surface area contributed by atoms with Gasteiger partial charge in [0.25, 0.3) is 0 Å². The summed E-state index contributed by atoms with van der Waals surface area (Å²) in [6.45, 7) is 6.07. The molecule has 192 valence electrons. The number of hydrogen-bond acceptors (Lipinski definition) is 8. The normalized spacial score (nSPS) is 20.6. The third kappa shape index (κ3) is 5.80. The van der Waals surface area contributed by atoms with Gasteiger partial charge >= 0.3 is 0 Å². The molecule has 2 saturated heterocycles. The van der Waals surface area contributed by atoms with Gasteiger partial charge in [-0.25, -0.2) is 15.0 Å². The number of nitrogens with zero attached hydrogens (tertiary/aromatic N) is 4. The molecule has 6 rings (SSSR count). The minimum Gasteiger partial charge on any atom is -0.379 e. The molecule has 3 N–H and O–H groups in total. The minimum absolute atomic E-state index is 0.0998. The third-order valence-electron chi connectivity index (χ3n) is 7.22. The summed E-state index contributed by atoms with van der Waals surface area (Å²) in [4.78, 5) is 24.8. The van der Waals surface area contributed by atoms with Crippen LogP contribution < -0.4 is 16.1 Å². The Kier molecular flexibility index (Phi) is 7.09. The lowest BCUT2D eigenvalue weighted by Gasteiger charge is -2.27. The zero-order valence-corrected chi connectivity index (χ0v) is 20.9. The highest BCUT2D eigenvalue weighted by Gasteiger charge is 2.30. The van der Waals surface area contributed by atoms with Crippen molar-refractivity contribution in [2.75, 3.05) is 38.2 Å². The molecule has 6 bridgehead atoms. The molecule has 3 aliphatic heterocycles. The van der Waals surface area contributed by atoms with Crippen molar-refractivity contribution >= 4 is 17.5 Å². The Morgan fingerprint density at radius 1 is 1.05 bits per heavy atom. The lowest BCUT2D eigenvalue weighted by Crippen LogP contribution is -2.45. The third-order valence-corrected chi connectivity index (χ3v) is 7.22. The number of amides is 1. The summed E-state index contributed by atoms with van der Waals surface area (Å²) >= 11 is 0. The van der Waals surface area contributed by atoms with E-state index >= 15 is 0 Å². The summed E-state index contributed by atoms with van der Waals surface area (Å²) in [5.74, 6) is 0.661. The Morgan fingerprint density at radius 3 is 2.89 bits per heavy atom. The second-order valence-corrected chi connectivity index (χ2v) is 9.91. The monoisotopic (exact) mass is 499 g/mol. The number of fused-ring (bicyclic) bond motifs is 8. The standard InChI is InChI=1S/C28H33N7O2/c36-27-26-5-2-8-34(26)19-22-13-21(18-31-35-9-11-37-12-10-35)15-24(16-22)32-28-29-7-6-25(33-28)23-4-1-3-20(14-23)17-30-27/h1,3-4,6-7,13-16,26,31H,2,5,8-12,17-19H2,(H,30,36)(H,29,32,33)/t26-/m0/s1. The molecule has 1 amide bonds. The molecule has 0 spiro atoms. The summed E-state index contributed by atoms with van der Waals surface area (Å²) < 4.78 is 5.47. The van der Waals surface area contributed by atoms with Gasteiger partial charge in [-0.3, -0.25) is 15.1 Å². The van der Waals surface area contributed by atoms with Crippen LogP contribution >= 0.6 is 0 Å². The molecular formula is C28H33N7O2. The number of ether oxygens (including phenoxy) is 1. The van der Waals surface area contributed by atoms with Crippen molar-refractivity contribution in [3.63, 3.8) is 0 Å². The predicted octanol–water partition coefficient (Wildman–Crippen LogP) is 2.82. The number of carbonyl (C=O) groups excluding carboxylic acids is 1. The highest BCUT2D eigenvalue weighted by atomic mass is 16.5. The van der Waals surface area contributed by atoms with Crippen LogP contribution in [0.5, 0.6) is 0 Å². The molecule has 2 fully saturated rings. The van der Waals surface area contributed by atoms with Crippen LogP contribution in [0.15, 0.2) is 54.7 Å². The fourth-order valence-electron chi connectivity index (χ4n) is 5.36. The molecule has 1 aromatic heterocycles. The van der Waals surface area contributed by atoms with Gasteiger partial charge < -0.3 is 15.4 Å². The number of aromatic nitrogens is 2. The number of rotatable bonds is 3. The molecule has 9 heteroatoms. The van der Waals surface area contributed by atoms with Gasteiger partial charge in [0.15, 0.2) is 0 Å². The van der Waals surface area contributed by atoms with Crippen LogP contribution in [0.2, 0.25) is 0 Å². The van der Waals surface area contributed by atoms with Crippen LogP contribution in [0.3, 0.4) is 0 Å². The van der Waals surface area contributed by atoms with Crippen molar-refractivity contribution in [2.24, 2.45) is 0 Å². The smallest absolute Gasteiger partial charge is 0.237 e. The SMILES string of the molecule is O=C1NCc2cccc(c2)-c2ccnc(n2)Nc2cc(CNN3CCOCC3)cc(c2)CN2CCC[C@@H]12. The van der Waals surface area contributed by atoms with Crippen LogP contribution in [-0.2, 0) is 29.2 Å². The maximum atomic E-state index is 13.2. The average molecular weight is 500 g/mol. The summed E-state index contributed by atoms with van der Waals surface area (Å²) in [5, 5.41) is 8.83.